The highest BCUT2D eigenvalue weighted by Gasteiger charge is 2.26. The zero-order chi connectivity index (χ0) is 13.9. The molecule has 20 heavy (non-hydrogen) atoms. The number of hydrogen-bond donors (Lipinski definition) is 1. The molecule has 0 bridgehead atoms. The Morgan fingerprint density at radius 3 is 3.10 bits per heavy atom. The van der Waals surface area contributed by atoms with Crippen LogP contribution in [0.3, 0.4) is 0 Å². The van der Waals surface area contributed by atoms with Crippen molar-refractivity contribution in [2.24, 2.45) is 0 Å². The van der Waals surface area contributed by atoms with Crippen LogP contribution in [0, 0.1) is 0 Å². The highest BCUT2D eigenvalue weighted by atomic mass is 15.2. The fourth-order valence-electron chi connectivity index (χ4n) is 2.87. The molecule has 5 heteroatoms. The summed E-state index contributed by atoms with van der Waals surface area (Å²) in [5.41, 5.74) is 2.54. The smallest absolute Gasteiger partial charge is 0.128 e. The van der Waals surface area contributed by atoms with Crippen molar-refractivity contribution in [3.63, 3.8) is 0 Å². The first-order valence-corrected chi connectivity index (χ1v) is 7.08. The van der Waals surface area contributed by atoms with Gasteiger partial charge in [-0.1, -0.05) is 0 Å². The summed E-state index contributed by atoms with van der Waals surface area (Å²) in [7, 11) is 4.06. The molecule has 1 fully saturated rings. The van der Waals surface area contributed by atoms with Gasteiger partial charge in [-0.15, -0.1) is 0 Å². The number of imidazole rings is 1. The van der Waals surface area contributed by atoms with Crippen LogP contribution >= 0.6 is 0 Å². The lowest BCUT2D eigenvalue weighted by atomic mass is 10.1. The number of aromatic amines is 1. The zero-order valence-electron chi connectivity index (χ0n) is 12.1. The number of pyridine rings is 1. The summed E-state index contributed by atoms with van der Waals surface area (Å²) in [5.74, 6) is 1.02. The number of rotatable bonds is 4. The van der Waals surface area contributed by atoms with Gasteiger partial charge in [0.25, 0.3) is 0 Å². The minimum atomic E-state index is 0.486. The maximum atomic E-state index is 4.40. The molecule has 0 spiro atoms. The van der Waals surface area contributed by atoms with Crippen molar-refractivity contribution in [3.8, 4) is 0 Å². The number of anilines is 1. The van der Waals surface area contributed by atoms with Crippen LogP contribution in [0.5, 0.6) is 0 Å². The van der Waals surface area contributed by atoms with Crippen LogP contribution in [0.2, 0.25) is 0 Å². The maximum absolute atomic E-state index is 4.40. The number of hydrogen-bond acceptors (Lipinski definition) is 4. The molecule has 5 nitrogen and oxygen atoms in total. The molecule has 3 heterocycles. The molecule has 2 aromatic heterocycles. The molecule has 1 unspecified atom stereocenters. The lowest BCUT2D eigenvalue weighted by molar-refractivity contribution is 0.246. The van der Waals surface area contributed by atoms with Gasteiger partial charge in [0, 0.05) is 44.8 Å². The van der Waals surface area contributed by atoms with Gasteiger partial charge in [-0.3, -0.25) is 4.90 Å². The van der Waals surface area contributed by atoms with E-state index in [4.69, 9.17) is 0 Å². The van der Waals surface area contributed by atoms with Crippen molar-refractivity contribution < 1.29 is 0 Å². The molecular weight excluding hydrogens is 250 g/mol. The lowest BCUT2D eigenvalue weighted by Gasteiger charge is -2.25. The average Bonchev–Trinajstić information content (AvgIpc) is 3.11. The third-order valence-corrected chi connectivity index (χ3v) is 3.90. The maximum Gasteiger partial charge on any atom is 0.128 e. The third-order valence-electron chi connectivity index (χ3n) is 3.90. The molecule has 1 N–H and O–H groups in total. The van der Waals surface area contributed by atoms with E-state index in [0.29, 0.717) is 6.04 Å². The van der Waals surface area contributed by atoms with Crippen molar-refractivity contribution in [2.75, 3.05) is 25.5 Å². The Hall–Kier alpha value is -1.88. The zero-order valence-corrected chi connectivity index (χ0v) is 12.1. The molecule has 0 amide bonds. The van der Waals surface area contributed by atoms with Gasteiger partial charge in [0.15, 0.2) is 0 Å². The predicted octanol–water partition coefficient (Wildman–Crippen LogP) is 2.21. The van der Waals surface area contributed by atoms with E-state index < -0.39 is 0 Å². The van der Waals surface area contributed by atoms with Crippen LogP contribution in [0.15, 0.2) is 30.9 Å². The van der Waals surface area contributed by atoms with Gasteiger partial charge >= 0.3 is 0 Å². The summed E-state index contributed by atoms with van der Waals surface area (Å²) in [4.78, 5) is 16.3. The van der Waals surface area contributed by atoms with Gasteiger partial charge < -0.3 is 9.88 Å². The first kappa shape index (κ1) is 13.1. The van der Waals surface area contributed by atoms with Gasteiger partial charge in [-0.25, -0.2) is 9.97 Å². The summed E-state index contributed by atoms with van der Waals surface area (Å²) in [6, 6.07) is 4.83. The highest BCUT2D eigenvalue weighted by molar-refractivity contribution is 5.40. The SMILES string of the molecule is CN(C)c1cc(C2CCCN2Cc2cnc[nH]2)ccn1. The molecule has 1 aliphatic rings. The number of nitrogens with one attached hydrogen (secondary N) is 1. The molecule has 1 atom stereocenters. The van der Waals surface area contributed by atoms with Crippen molar-refractivity contribution in [1.82, 2.24) is 19.9 Å². The highest BCUT2D eigenvalue weighted by Crippen LogP contribution is 2.33. The Balaban J connectivity index is 1.79. The van der Waals surface area contributed by atoms with Crippen molar-refractivity contribution in [1.29, 1.82) is 0 Å². The van der Waals surface area contributed by atoms with E-state index in [2.05, 4.69) is 36.9 Å². The van der Waals surface area contributed by atoms with Crippen LogP contribution in [-0.2, 0) is 6.54 Å². The van der Waals surface area contributed by atoms with E-state index in [-0.39, 0.29) is 0 Å². The minimum Gasteiger partial charge on any atom is -0.363 e. The molecule has 0 saturated carbocycles. The van der Waals surface area contributed by atoms with E-state index >= 15 is 0 Å². The monoisotopic (exact) mass is 271 g/mol. The fraction of sp³-hybridized carbons (Fsp3) is 0.467. The second-order valence-electron chi connectivity index (χ2n) is 5.55. The third kappa shape index (κ3) is 2.67. The van der Waals surface area contributed by atoms with Crippen LogP contribution in [0.4, 0.5) is 5.82 Å². The molecular formula is C15H21N5. The minimum absolute atomic E-state index is 0.486. The quantitative estimate of drug-likeness (QED) is 0.926. The molecule has 0 aromatic carbocycles. The number of nitrogens with zero attached hydrogens (tertiary/aromatic N) is 4. The second-order valence-corrected chi connectivity index (χ2v) is 5.55. The van der Waals surface area contributed by atoms with Crippen LogP contribution in [0.25, 0.3) is 0 Å². The van der Waals surface area contributed by atoms with E-state index in [1.807, 2.05) is 26.5 Å². The molecule has 0 radical (unpaired) electrons. The molecule has 1 saturated heterocycles. The Kier molecular flexibility index (Phi) is 3.69. The summed E-state index contributed by atoms with van der Waals surface area (Å²) in [5, 5.41) is 0. The van der Waals surface area contributed by atoms with Gasteiger partial charge in [0.05, 0.1) is 6.33 Å². The number of aromatic nitrogens is 3. The summed E-state index contributed by atoms with van der Waals surface area (Å²) in [6.45, 7) is 2.08. The largest absolute Gasteiger partial charge is 0.363 e. The molecule has 2 aromatic rings. The van der Waals surface area contributed by atoms with E-state index in [1.54, 1.807) is 6.33 Å². The first-order chi connectivity index (χ1) is 9.74. The van der Waals surface area contributed by atoms with Crippen molar-refractivity contribution >= 4 is 5.82 Å². The van der Waals surface area contributed by atoms with Crippen molar-refractivity contribution in [3.05, 3.63) is 42.1 Å². The van der Waals surface area contributed by atoms with Gasteiger partial charge in [-0.05, 0) is 37.1 Å². The van der Waals surface area contributed by atoms with Crippen molar-refractivity contribution in [2.45, 2.75) is 25.4 Å². The molecule has 1 aliphatic heterocycles. The Morgan fingerprint density at radius 1 is 1.45 bits per heavy atom. The molecule has 0 aliphatic carbocycles. The van der Waals surface area contributed by atoms with Crippen LogP contribution in [0.1, 0.15) is 30.1 Å². The molecule has 106 valence electrons. The number of likely N-dealkylation sites (tertiary alicyclic amines) is 1. The summed E-state index contributed by atoms with van der Waals surface area (Å²) >= 11 is 0. The van der Waals surface area contributed by atoms with Crippen LogP contribution < -0.4 is 4.90 Å². The normalized spacial score (nSPS) is 19.4. The average molecular weight is 271 g/mol. The molecule has 3 rings (SSSR count). The van der Waals surface area contributed by atoms with Gasteiger partial charge in [0.2, 0.25) is 0 Å². The van der Waals surface area contributed by atoms with Gasteiger partial charge in [0.1, 0.15) is 5.82 Å². The number of H-pyrrole nitrogens is 1. The first-order valence-electron chi connectivity index (χ1n) is 7.08. The Morgan fingerprint density at radius 2 is 2.35 bits per heavy atom. The fourth-order valence-corrected chi connectivity index (χ4v) is 2.87. The second kappa shape index (κ2) is 5.63. The summed E-state index contributed by atoms with van der Waals surface area (Å²) < 4.78 is 0. The summed E-state index contributed by atoms with van der Waals surface area (Å²) in [6.07, 6.45) is 8.03. The standard InChI is InChI=1S/C15H21N5/c1-19(2)15-8-12(5-6-17-15)14-4-3-7-20(14)10-13-9-16-11-18-13/h5-6,8-9,11,14H,3-4,7,10H2,1-2H3,(H,16,18). The Bertz CT molecular complexity index is 549. The Labute approximate surface area is 119 Å². The van der Waals surface area contributed by atoms with E-state index in [9.17, 15) is 0 Å². The van der Waals surface area contributed by atoms with Gasteiger partial charge in [-0.2, -0.15) is 0 Å². The predicted molar refractivity (Wildman–Crippen MR) is 79.5 cm³/mol. The lowest BCUT2D eigenvalue weighted by Crippen LogP contribution is -2.23. The topological polar surface area (TPSA) is 48.0 Å². The van der Waals surface area contributed by atoms with E-state index in [0.717, 1.165) is 18.9 Å². The van der Waals surface area contributed by atoms with Crippen LogP contribution in [-0.4, -0.2) is 40.5 Å². The van der Waals surface area contributed by atoms with E-state index in [1.165, 1.54) is 24.1 Å².